The van der Waals surface area contributed by atoms with E-state index in [0.29, 0.717) is 17.9 Å². The molecule has 43 heavy (non-hydrogen) atoms. The maximum absolute atomic E-state index is 13.0. The lowest BCUT2D eigenvalue weighted by Gasteiger charge is -2.23. The Morgan fingerprint density at radius 1 is 0.907 bits per heavy atom. The highest BCUT2D eigenvalue weighted by molar-refractivity contribution is 6.05. The summed E-state index contributed by atoms with van der Waals surface area (Å²) < 4.78 is 8.11. The smallest absolute Gasteiger partial charge is 0.303 e. The van der Waals surface area contributed by atoms with Gasteiger partial charge < -0.3 is 19.7 Å². The monoisotopic (exact) mass is 570 g/mol. The van der Waals surface area contributed by atoms with Crippen LogP contribution in [0, 0.1) is 0 Å². The fourth-order valence-electron chi connectivity index (χ4n) is 5.98. The van der Waals surface area contributed by atoms with Gasteiger partial charge in [0.1, 0.15) is 5.75 Å². The number of carbonyl (C=O) groups excluding carboxylic acids is 1. The number of benzene rings is 4. The summed E-state index contributed by atoms with van der Waals surface area (Å²) in [7, 11) is 0. The number of anilines is 1. The predicted molar refractivity (Wildman–Crippen MR) is 171 cm³/mol. The van der Waals surface area contributed by atoms with Crippen molar-refractivity contribution in [2.24, 2.45) is 0 Å². The van der Waals surface area contributed by atoms with Gasteiger partial charge in [-0.2, -0.15) is 0 Å². The molecular formula is C37H34N2O4. The number of rotatable bonds is 9. The lowest BCUT2D eigenvalue weighted by Crippen LogP contribution is -2.13. The van der Waals surface area contributed by atoms with Crippen molar-refractivity contribution in [2.45, 2.75) is 38.6 Å². The zero-order chi connectivity index (χ0) is 29.8. The van der Waals surface area contributed by atoms with E-state index in [1.54, 1.807) is 18.2 Å². The molecule has 0 radical (unpaired) electrons. The van der Waals surface area contributed by atoms with Crippen molar-refractivity contribution in [3.8, 4) is 5.75 Å². The number of amides is 1. The number of fused-ring (bicyclic) bond motifs is 3. The average Bonchev–Trinajstić information content (AvgIpc) is 3.35. The van der Waals surface area contributed by atoms with Gasteiger partial charge in [0, 0.05) is 29.6 Å². The normalized spacial score (nSPS) is 13.2. The third-order valence-corrected chi connectivity index (χ3v) is 8.10. The van der Waals surface area contributed by atoms with Crippen LogP contribution in [-0.4, -0.2) is 28.2 Å². The zero-order valence-electron chi connectivity index (χ0n) is 24.1. The van der Waals surface area contributed by atoms with Crippen molar-refractivity contribution in [3.63, 3.8) is 0 Å². The quantitative estimate of drug-likeness (QED) is 0.141. The van der Waals surface area contributed by atoms with E-state index in [-0.39, 0.29) is 25.0 Å². The van der Waals surface area contributed by atoms with Gasteiger partial charge in [-0.25, -0.2) is 0 Å². The number of allylic oxidation sites excluding steroid dienone is 1. The summed E-state index contributed by atoms with van der Waals surface area (Å²) >= 11 is 0. The molecule has 6 heteroatoms. The highest BCUT2D eigenvalue weighted by atomic mass is 16.5. The Morgan fingerprint density at radius 3 is 2.30 bits per heavy atom. The van der Waals surface area contributed by atoms with E-state index in [0.717, 1.165) is 34.9 Å². The molecule has 0 bridgehead atoms. The second-order valence-electron chi connectivity index (χ2n) is 11.0. The SMILES string of the molecule is C/C(=C\C(=O)Nc1ccccc1OCCCC(=O)O)c1ccc2c(ccn2C2c3ccccc3CCc3ccccc32)c1. The predicted octanol–water partition coefficient (Wildman–Crippen LogP) is 7.66. The van der Waals surface area contributed by atoms with Gasteiger partial charge in [0.05, 0.1) is 18.3 Å². The maximum Gasteiger partial charge on any atom is 0.303 e. The maximum atomic E-state index is 13.0. The molecule has 0 aliphatic heterocycles. The molecule has 0 saturated carbocycles. The lowest BCUT2D eigenvalue weighted by molar-refractivity contribution is -0.137. The fraction of sp³-hybridized carbons (Fsp3) is 0.189. The molecule has 0 unspecified atom stereocenters. The molecule has 1 aromatic heterocycles. The van der Waals surface area contributed by atoms with Gasteiger partial charge >= 0.3 is 5.97 Å². The molecule has 0 atom stereocenters. The molecule has 0 spiro atoms. The van der Waals surface area contributed by atoms with Crippen LogP contribution in [0.15, 0.2) is 109 Å². The highest BCUT2D eigenvalue weighted by Gasteiger charge is 2.25. The summed E-state index contributed by atoms with van der Waals surface area (Å²) in [6.07, 6.45) is 6.25. The van der Waals surface area contributed by atoms with Crippen molar-refractivity contribution in [2.75, 3.05) is 11.9 Å². The first-order chi connectivity index (χ1) is 21.0. The van der Waals surface area contributed by atoms with E-state index in [9.17, 15) is 9.59 Å². The minimum absolute atomic E-state index is 0.0332. The number of hydrogen-bond donors (Lipinski definition) is 2. The molecule has 1 aliphatic carbocycles. The molecule has 1 heterocycles. The van der Waals surface area contributed by atoms with Crippen LogP contribution in [-0.2, 0) is 22.4 Å². The van der Waals surface area contributed by atoms with E-state index in [4.69, 9.17) is 9.84 Å². The first-order valence-electron chi connectivity index (χ1n) is 14.7. The number of nitrogens with one attached hydrogen (secondary N) is 1. The number of para-hydroxylation sites is 2. The van der Waals surface area contributed by atoms with Crippen molar-refractivity contribution in [1.82, 2.24) is 4.57 Å². The largest absolute Gasteiger partial charge is 0.491 e. The third kappa shape index (κ3) is 6.09. The van der Waals surface area contributed by atoms with Gasteiger partial charge in [0.15, 0.2) is 0 Å². The molecule has 6 nitrogen and oxygen atoms in total. The molecule has 6 rings (SSSR count). The van der Waals surface area contributed by atoms with Crippen LogP contribution in [0.5, 0.6) is 5.75 Å². The Hall–Kier alpha value is -5.10. The second-order valence-corrected chi connectivity index (χ2v) is 11.0. The van der Waals surface area contributed by atoms with Crippen molar-refractivity contribution < 1.29 is 19.4 Å². The molecule has 0 fully saturated rings. The number of carboxylic acid groups (broad SMARTS) is 1. The summed E-state index contributed by atoms with van der Waals surface area (Å²) in [6.45, 7) is 2.19. The van der Waals surface area contributed by atoms with Gasteiger partial charge in [-0.3, -0.25) is 9.59 Å². The number of carbonyl (C=O) groups is 2. The molecule has 216 valence electrons. The standard InChI is InChI=1S/C37H34N2O4/c1-25(23-35(40)38-32-13-6-7-14-34(32)43-22-8-15-36(41)42)28-18-19-33-29(24-28)20-21-39(33)37-30-11-4-2-9-26(30)16-17-27-10-3-5-12-31(27)37/h2-7,9-14,18-21,23-24,37H,8,15-17,22H2,1H3,(H,38,40)(H,41,42)/b25-23+. The molecule has 1 amide bonds. The molecule has 4 aromatic carbocycles. The number of aromatic nitrogens is 1. The van der Waals surface area contributed by atoms with Crippen LogP contribution in [0.3, 0.4) is 0 Å². The van der Waals surface area contributed by atoms with E-state index < -0.39 is 5.97 Å². The van der Waals surface area contributed by atoms with E-state index in [2.05, 4.69) is 88.9 Å². The van der Waals surface area contributed by atoms with Crippen molar-refractivity contribution in [1.29, 1.82) is 0 Å². The number of carboxylic acids is 1. The Morgan fingerprint density at radius 2 is 1.58 bits per heavy atom. The van der Waals surface area contributed by atoms with Crippen LogP contribution in [0.25, 0.3) is 16.5 Å². The van der Waals surface area contributed by atoms with E-state index in [1.165, 1.54) is 22.3 Å². The molecule has 1 aliphatic rings. The Labute approximate surface area is 251 Å². The lowest BCUT2D eigenvalue weighted by atomic mass is 9.94. The second kappa shape index (κ2) is 12.4. The van der Waals surface area contributed by atoms with Gasteiger partial charge in [0.2, 0.25) is 5.91 Å². The summed E-state index contributed by atoms with van der Waals surface area (Å²) in [6, 6.07) is 33.3. The molecular weight excluding hydrogens is 536 g/mol. The van der Waals surface area contributed by atoms with E-state index >= 15 is 0 Å². The summed E-state index contributed by atoms with van der Waals surface area (Å²) in [5.41, 5.74) is 8.96. The Kier molecular flexibility index (Phi) is 8.09. The minimum Gasteiger partial charge on any atom is -0.491 e. The first kappa shape index (κ1) is 28.0. The van der Waals surface area contributed by atoms with Crippen LogP contribution in [0.4, 0.5) is 5.69 Å². The van der Waals surface area contributed by atoms with Gasteiger partial charge in [-0.05, 0) is 89.9 Å². The first-order valence-corrected chi connectivity index (χ1v) is 14.7. The molecule has 5 aromatic rings. The number of aryl methyl sites for hydroxylation is 2. The number of aliphatic carboxylic acids is 1. The summed E-state index contributed by atoms with van der Waals surface area (Å²) in [4.78, 5) is 23.8. The molecule has 0 saturated heterocycles. The molecule has 2 N–H and O–H groups in total. The zero-order valence-corrected chi connectivity index (χ0v) is 24.1. The number of nitrogens with zero attached hydrogens (tertiary/aromatic N) is 1. The van der Waals surface area contributed by atoms with Crippen LogP contribution in [0.2, 0.25) is 0 Å². The van der Waals surface area contributed by atoms with Gasteiger partial charge in [-0.15, -0.1) is 0 Å². The number of hydrogen-bond acceptors (Lipinski definition) is 3. The third-order valence-electron chi connectivity index (χ3n) is 8.10. The minimum atomic E-state index is -0.861. The van der Waals surface area contributed by atoms with Crippen LogP contribution >= 0.6 is 0 Å². The van der Waals surface area contributed by atoms with Gasteiger partial charge in [-0.1, -0.05) is 66.7 Å². The van der Waals surface area contributed by atoms with Crippen LogP contribution in [0.1, 0.15) is 53.6 Å². The Balaban J connectivity index is 1.24. The van der Waals surface area contributed by atoms with Crippen LogP contribution < -0.4 is 10.1 Å². The summed E-state index contributed by atoms with van der Waals surface area (Å²) in [5, 5.41) is 12.9. The number of ether oxygens (including phenoxy) is 1. The topological polar surface area (TPSA) is 80.6 Å². The van der Waals surface area contributed by atoms with Gasteiger partial charge in [0.25, 0.3) is 0 Å². The van der Waals surface area contributed by atoms with Crippen molar-refractivity contribution >= 4 is 34.0 Å². The van der Waals surface area contributed by atoms with Crippen molar-refractivity contribution in [3.05, 3.63) is 137 Å². The fourth-order valence-corrected chi connectivity index (χ4v) is 5.98. The van der Waals surface area contributed by atoms with E-state index in [1.807, 2.05) is 19.1 Å². The Bertz CT molecular complexity index is 1790. The average molecular weight is 571 g/mol. The highest BCUT2D eigenvalue weighted by Crippen LogP contribution is 2.38. The summed E-state index contributed by atoms with van der Waals surface area (Å²) in [5.74, 6) is -0.610.